The lowest BCUT2D eigenvalue weighted by Crippen LogP contribution is -2.47. The Morgan fingerprint density at radius 2 is 1.95 bits per heavy atom. The van der Waals surface area contributed by atoms with Crippen LogP contribution in [0.4, 0.5) is 0 Å². The van der Waals surface area contributed by atoms with E-state index in [0.29, 0.717) is 12.1 Å². The molecule has 3 rings (SSSR count). The number of carbonyl (C=O) groups is 1. The Bertz CT molecular complexity index is 658. The van der Waals surface area contributed by atoms with Crippen LogP contribution in [0.5, 0.6) is 0 Å². The molecule has 1 amide bonds. The minimum absolute atomic E-state index is 0.0634. The van der Waals surface area contributed by atoms with E-state index in [9.17, 15) is 4.79 Å². The third-order valence-corrected chi connectivity index (χ3v) is 4.04. The summed E-state index contributed by atoms with van der Waals surface area (Å²) in [7, 11) is 2.08. The van der Waals surface area contributed by atoms with Crippen LogP contribution in [0.1, 0.15) is 15.9 Å². The zero-order valence-corrected chi connectivity index (χ0v) is 12.8. The Labute approximate surface area is 130 Å². The molecule has 22 heavy (non-hydrogen) atoms. The van der Waals surface area contributed by atoms with Crippen molar-refractivity contribution < 1.29 is 4.79 Å². The van der Waals surface area contributed by atoms with Gasteiger partial charge in [-0.25, -0.2) is 4.68 Å². The van der Waals surface area contributed by atoms with E-state index < -0.39 is 0 Å². The minimum Gasteiger partial charge on any atom is -0.336 e. The average molecular weight is 299 g/mol. The molecule has 0 radical (unpaired) electrons. The van der Waals surface area contributed by atoms with Crippen molar-refractivity contribution in [1.29, 1.82) is 0 Å². The highest BCUT2D eigenvalue weighted by Gasteiger charge is 2.22. The van der Waals surface area contributed by atoms with E-state index in [0.717, 1.165) is 37.4 Å². The van der Waals surface area contributed by atoms with E-state index >= 15 is 0 Å². The van der Waals surface area contributed by atoms with Crippen molar-refractivity contribution in [3.05, 3.63) is 47.8 Å². The Balaban J connectivity index is 1.89. The average Bonchev–Trinajstić information content (AvgIpc) is 3.04. The predicted molar refractivity (Wildman–Crippen MR) is 84.9 cm³/mol. The first-order valence-corrected chi connectivity index (χ1v) is 7.50. The third-order valence-electron chi connectivity index (χ3n) is 4.04. The third kappa shape index (κ3) is 2.88. The van der Waals surface area contributed by atoms with Gasteiger partial charge in [-0.05, 0) is 19.2 Å². The van der Waals surface area contributed by atoms with Gasteiger partial charge in [0.25, 0.3) is 5.91 Å². The van der Waals surface area contributed by atoms with Crippen LogP contribution in [0, 0.1) is 0 Å². The maximum Gasteiger partial charge on any atom is 0.256 e. The molecule has 0 spiro atoms. The molecule has 1 aromatic carbocycles. The van der Waals surface area contributed by atoms with E-state index in [1.165, 1.54) is 0 Å². The summed E-state index contributed by atoms with van der Waals surface area (Å²) in [5.41, 5.74) is 8.06. The van der Waals surface area contributed by atoms with E-state index in [1.807, 2.05) is 35.4 Å². The van der Waals surface area contributed by atoms with E-state index in [1.54, 1.807) is 10.9 Å². The summed E-state index contributed by atoms with van der Waals surface area (Å²) in [5.74, 6) is 0.0634. The number of piperazine rings is 1. The number of amides is 1. The molecule has 6 nitrogen and oxygen atoms in total. The molecule has 1 aromatic heterocycles. The van der Waals surface area contributed by atoms with Crippen LogP contribution in [-0.2, 0) is 6.54 Å². The molecule has 116 valence electrons. The number of nitrogens with zero attached hydrogens (tertiary/aromatic N) is 4. The Morgan fingerprint density at radius 1 is 1.23 bits per heavy atom. The molecule has 0 bridgehead atoms. The van der Waals surface area contributed by atoms with Gasteiger partial charge in [0.1, 0.15) is 0 Å². The van der Waals surface area contributed by atoms with Gasteiger partial charge in [-0.15, -0.1) is 0 Å². The SMILES string of the molecule is CN1CCN(C(=O)c2ccccc2-n2cc(CN)cn2)CC1. The second-order valence-corrected chi connectivity index (χ2v) is 5.61. The van der Waals surface area contributed by atoms with Crippen molar-refractivity contribution in [3.63, 3.8) is 0 Å². The molecule has 1 aliphatic heterocycles. The summed E-state index contributed by atoms with van der Waals surface area (Å²) in [5, 5.41) is 4.32. The minimum atomic E-state index is 0.0634. The van der Waals surface area contributed by atoms with Gasteiger partial charge < -0.3 is 15.5 Å². The topological polar surface area (TPSA) is 67.4 Å². The maximum absolute atomic E-state index is 12.8. The number of aromatic nitrogens is 2. The van der Waals surface area contributed by atoms with Crippen LogP contribution in [0.2, 0.25) is 0 Å². The fourth-order valence-corrected chi connectivity index (χ4v) is 2.63. The molecular weight excluding hydrogens is 278 g/mol. The molecule has 2 N–H and O–H groups in total. The summed E-state index contributed by atoms with van der Waals surface area (Å²) in [6.07, 6.45) is 3.60. The quantitative estimate of drug-likeness (QED) is 0.907. The highest BCUT2D eigenvalue weighted by Crippen LogP contribution is 2.17. The molecule has 1 fully saturated rings. The number of para-hydroxylation sites is 1. The van der Waals surface area contributed by atoms with Gasteiger partial charge in [-0.1, -0.05) is 12.1 Å². The first-order chi connectivity index (χ1) is 10.7. The molecule has 0 atom stereocenters. The maximum atomic E-state index is 12.8. The van der Waals surface area contributed by atoms with Crippen molar-refractivity contribution >= 4 is 5.91 Å². The summed E-state index contributed by atoms with van der Waals surface area (Å²) < 4.78 is 1.73. The number of hydrogen-bond acceptors (Lipinski definition) is 4. The normalized spacial score (nSPS) is 16.0. The van der Waals surface area contributed by atoms with Crippen molar-refractivity contribution in [2.24, 2.45) is 5.73 Å². The van der Waals surface area contributed by atoms with Gasteiger partial charge in [-0.2, -0.15) is 5.10 Å². The van der Waals surface area contributed by atoms with Crippen molar-refractivity contribution in [1.82, 2.24) is 19.6 Å². The summed E-state index contributed by atoms with van der Waals surface area (Å²) in [4.78, 5) is 17.0. The summed E-state index contributed by atoms with van der Waals surface area (Å²) in [6, 6.07) is 7.58. The molecule has 0 unspecified atom stereocenters. The number of nitrogens with two attached hydrogens (primary N) is 1. The van der Waals surface area contributed by atoms with Crippen LogP contribution >= 0.6 is 0 Å². The molecule has 0 aliphatic carbocycles. The number of carbonyl (C=O) groups excluding carboxylic acids is 1. The summed E-state index contributed by atoms with van der Waals surface area (Å²) >= 11 is 0. The second kappa shape index (κ2) is 6.29. The highest BCUT2D eigenvalue weighted by molar-refractivity contribution is 5.97. The zero-order valence-electron chi connectivity index (χ0n) is 12.8. The van der Waals surface area contributed by atoms with Crippen molar-refractivity contribution in [3.8, 4) is 5.69 Å². The lowest BCUT2D eigenvalue weighted by atomic mass is 10.1. The van der Waals surface area contributed by atoms with E-state index in [2.05, 4.69) is 17.0 Å². The van der Waals surface area contributed by atoms with Gasteiger partial charge >= 0.3 is 0 Å². The lowest BCUT2D eigenvalue weighted by molar-refractivity contribution is 0.0664. The van der Waals surface area contributed by atoms with Crippen LogP contribution in [0.25, 0.3) is 5.69 Å². The zero-order chi connectivity index (χ0) is 15.5. The molecular formula is C16H21N5O. The van der Waals surface area contributed by atoms with E-state index in [-0.39, 0.29) is 5.91 Å². The first-order valence-electron chi connectivity index (χ1n) is 7.50. The first kappa shape index (κ1) is 14.7. The van der Waals surface area contributed by atoms with Gasteiger partial charge in [0.2, 0.25) is 0 Å². The number of rotatable bonds is 3. The van der Waals surface area contributed by atoms with Gasteiger partial charge in [0, 0.05) is 44.5 Å². The monoisotopic (exact) mass is 299 g/mol. The number of likely N-dealkylation sites (N-methyl/N-ethyl adjacent to an activating group) is 1. The van der Waals surface area contributed by atoms with Crippen LogP contribution < -0.4 is 5.73 Å². The second-order valence-electron chi connectivity index (χ2n) is 5.61. The number of benzene rings is 1. The lowest BCUT2D eigenvalue weighted by Gasteiger charge is -2.32. The van der Waals surface area contributed by atoms with Gasteiger partial charge in [0.15, 0.2) is 0 Å². The Kier molecular flexibility index (Phi) is 4.22. The molecule has 1 saturated heterocycles. The largest absolute Gasteiger partial charge is 0.336 e. The Hall–Kier alpha value is -2.18. The molecule has 6 heteroatoms. The van der Waals surface area contributed by atoms with E-state index in [4.69, 9.17) is 5.73 Å². The van der Waals surface area contributed by atoms with Crippen molar-refractivity contribution in [2.75, 3.05) is 33.2 Å². The van der Waals surface area contributed by atoms with Crippen LogP contribution in [-0.4, -0.2) is 58.7 Å². The molecule has 2 heterocycles. The standard InChI is InChI=1S/C16H21N5O/c1-19-6-8-20(9-7-19)16(22)14-4-2-3-5-15(14)21-12-13(10-17)11-18-21/h2-5,11-12H,6-10,17H2,1H3. The van der Waals surface area contributed by atoms with Crippen molar-refractivity contribution in [2.45, 2.75) is 6.54 Å². The Morgan fingerprint density at radius 3 is 2.64 bits per heavy atom. The fraction of sp³-hybridized carbons (Fsp3) is 0.375. The van der Waals surface area contributed by atoms with Gasteiger partial charge in [-0.3, -0.25) is 4.79 Å². The summed E-state index contributed by atoms with van der Waals surface area (Å²) in [6.45, 7) is 3.78. The van der Waals surface area contributed by atoms with Gasteiger partial charge in [0.05, 0.1) is 17.4 Å². The predicted octanol–water partition coefficient (Wildman–Crippen LogP) is 0.719. The highest BCUT2D eigenvalue weighted by atomic mass is 16.2. The molecule has 2 aromatic rings. The fourth-order valence-electron chi connectivity index (χ4n) is 2.63. The number of hydrogen-bond donors (Lipinski definition) is 1. The molecule has 0 saturated carbocycles. The van der Waals surface area contributed by atoms with Crippen LogP contribution in [0.3, 0.4) is 0 Å². The smallest absolute Gasteiger partial charge is 0.256 e. The van der Waals surface area contributed by atoms with Crippen LogP contribution in [0.15, 0.2) is 36.7 Å². The molecule has 1 aliphatic rings.